The minimum absolute atomic E-state index is 0.0587. The molecule has 9 heavy (non-hydrogen) atoms. The van der Waals surface area contributed by atoms with E-state index in [4.69, 9.17) is 21.8 Å². The first kappa shape index (κ1) is 7.32. The van der Waals surface area contributed by atoms with Gasteiger partial charge >= 0.3 is 0 Å². The van der Waals surface area contributed by atoms with Crippen molar-refractivity contribution >= 4 is 11.6 Å². The summed E-state index contributed by atoms with van der Waals surface area (Å²) in [7, 11) is 0. The standard InChI is InChI=1S/C6H11ClO2/c7-4-1-2-5(8)6(9)3-4/h4-6,8-9H,1-3H2. The minimum Gasteiger partial charge on any atom is -0.390 e. The largest absolute Gasteiger partial charge is 0.390 e. The van der Waals surface area contributed by atoms with Crippen molar-refractivity contribution in [3.05, 3.63) is 0 Å². The summed E-state index contributed by atoms with van der Waals surface area (Å²) in [6, 6.07) is 0. The third-order valence-corrected chi connectivity index (χ3v) is 2.11. The van der Waals surface area contributed by atoms with Crippen LogP contribution in [0.4, 0.5) is 0 Å². The fraction of sp³-hybridized carbons (Fsp3) is 1.00. The predicted octanol–water partition coefficient (Wildman–Crippen LogP) is 0.499. The minimum atomic E-state index is -0.596. The van der Waals surface area contributed by atoms with Crippen molar-refractivity contribution in [2.75, 3.05) is 0 Å². The maximum Gasteiger partial charge on any atom is 0.0813 e. The van der Waals surface area contributed by atoms with Crippen LogP contribution < -0.4 is 0 Å². The Morgan fingerprint density at radius 3 is 2.22 bits per heavy atom. The van der Waals surface area contributed by atoms with E-state index in [9.17, 15) is 0 Å². The molecule has 3 heteroatoms. The lowest BCUT2D eigenvalue weighted by Gasteiger charge is -2.26. The van der Waals surface area contributed by atoms with Gasteiger partial charge < -0.3 is 10.2 Å². The van der Waals surface area contributed by atoms with Gasteiger partial charge in [-0.15, -0.1) is 11.6 Å². The average Bonchev–Trinajstić information content (AvgIpc) is 1.80. The van der Waals surface area contributed by atoms with Crippen molar-refractivity contribution in [2.45, 2.75) is 36.8 Å². The van der Waals surface area contributed by atoms with Crippen LogP contribution in [0.25, 0.3) is 0 Å². The van der Waals surface area contributed by atoms with Crippen molar-refractivity contribution in [1.82, 2.24) is 0 Å². The molecule has 1 rings (SSSR count). The Morgan fingerprint density at radius 1 is 1.11 bits per heavy atom. The Bertz CT molecular complexity index is 97.1. The molecule has 2 N–H and O–H groups in total. The maximum atomic E-state index is 9.01. The molecule has 3 atom stereocenters. The van der Waals surface area contributed by atoms with Crippen molar-refractivity contribution in [2.24, 2.45) is 0 Å². The van der Waals surface area contributed by atoms with Gasteiger partial charge in [0.2, 0.25) is 0 Å². The number of aliphatic hydroxyl groups is 2. The quantitative estimate of drug-likeness (QED) is 0.494. The zero-order chi connectivity index (χ0) is 6.85. The molecule has 1 aliphatic carbocycles. The van der Waals surface area contributed by atoms with Crippen LogP contribution >= 0.6 is 11.6 Å². The highest BCUT2D eigenvalue weighted by Gasteiger charge is 2.25. The predicted molar refractivity (Wildman–Crippen MR) is 35.5 cm³/mol. The number of aliphatic hydroxyl groups excluding tert-OH is 2. The van der Waals surface area contributed by atoms with Crippen molar-refractivity contribution < 1.29 is 10.2 Å². The van der Waals surface area contributed by atoms with Crippen molar-refractivity contribution in [3.63, 3.8) is 0 Å². The molecule has 0 radical (unpaired) electrons. The van der Waals surface area contributed by atoms with Gasteiger partial charge in [-0.25, -0.2) is 0 Å². The fourth-order valence-corrected chi connectivity index (χ4v) is 1.39. The topological polar surface area (TPSA) is 40.5 Å². The van der Waals surface area contributed by atoms with Crippen LogP contribution in [0.15, 0.2) is 0 Å². The lowest BCUT2D eigenvalue weighted by Crippen LogP contribution is -2.33. The fourth-order valence-electron chi connectivity index (χ4n) is 1.08. The highest BCUT2D eigenvalue weighted by molar-refractivity contribution is 6.20. The Morgan fingerprint density at radius 2 is 1.78 bits per heavy atom. The van der Waals surface area contributed by atoms with Gasteiger partial charge in [-0.3, -0.25) is 0 Å². The first-order valence-electron chi connectivity index (χ1n) is 3.20. The van der Waals surface area contributed by atoms with Gasteiger partial charge in [0.15, 0.2) is 0 Å². The molecule has 0 heterocycles. The molecular formula is C6H11ClO2. The molecular weight excluding hydrogens is 140 g/mol. The summed E-state index contributed by atoms with van der Waals surface area (Å²) < 4.78 is 0. The van der Waals surface area contributed by atoms with E-state index in [0.717, 1.165) is 6.42 Å². The molecule has 0 spiro atoms. The van der Waals surface area contributed by atoms with E-state index in [1.807, 2.05) is 0 Å². The van der Waals surface area contributed by atoms with E-state index in [1.165, 1.54) is 0 Å². The zero-order valence-electron chi connectivity index (χ0n) is 5.13. The first-order chi connectivity index (χ1) is 4.20. The van der Waals surface area contributed by atoms with Crippen LogP contribution in [-0.2, 0) is 0 Å². The van der Waals surface area contributed by atoms with E-state index >= 15 is 0 Å². The van der Waals surface area contributed by atoms with Gasteiger partial charge in [-0.1, -0.05) is 0 Å². The molecule has 1 fully saturated rings. The van der Waals surface area contributed by atoms with Crippen LogP contribution in [-0.4, -0.2) is 27.8 Å². The normalized spacial score (nSPS) is 45.0. The zero-order valence-corrected chi connectivity index (χ0v) is 5.88. The SMILES string of the molecule is OC1CCC(Cl)CC1O. The van der Waals surface area contributed by atoms with E-state index < -0.39 is 12.2 Å². The van der Waals surface area contributed by atoms with E-state index in [2.05, 4.69) is 0 Å². The van der Waals surface area contributed by atoms with Crippen LogP contribution in [0.2, 0.25) is 0 Å². The molecule has 1 saturated carbocycles. The van der Waals surface area contributed by atoms with E-state index in [-0.39, 0.29) is 5.38 Å². The number of halogens is 1. The summed E-state index contributed by atoms with van der Waals surface area (Å²) in [5.74, 6) is 0. The second kappa shape index (κ2) is 2.86. The summed E-state index contributed by atoms with van der Waals surface area (Å²) in [5, 5.41) is 18.1. The Labute approximate surface area is 59.4 Å². The van der Waals surface area contributed by atoms with Crippen molar-refractivity contribution in [1.29, 1.82) is 0 Å². The molecule has 0 aromatic carbocycles. The molecule has 1 aliphatic rings. The second-order valence-electron chi connectivity index (χ2n) is 2.55. The molecule has 0 amide bonds. The van der Waals surface area contributed by atoms with Crippen LogP contribution in [0.1, 0.15) is 19.3 Å². The summed E-state index contributed by atoms with van der Waals surface area (Å²) >= 11 is 5.71. The molecule has 3 unspecified atom stereocenters. The molecule has 0 aliphatic heterocycles. The number of alkyl halides is 1. The Hall–Kier alpha value is 0.210. The third kappa shape index (κ3) is 1.81. The van der Waals surface area contributed by atoms with Crippen LogP contribution in [0, 0.1) is 0 Å². The average molecular weight is 151 g/mol. The summed E-state index contributed by atoms with van der Waals surface area (Å²) in [6.07, 6.45) is 0.846. The summed E-state index contributed by atoms with van der Waals surface area (Å²) in [6.45, 7) is 0. The second-order valence-corrected chi connectivity index (χ2v) is 3.16. The van der Waals surface area contributed by atoms with E-state index in [1.54, 1.807) is 0 Å². The lowest BCUT2D eigenvalue weighted by atomic mass is 9.95. The van der Waals surface area contributed by atoms with Gasteiger partial charge in [-0.05, 0) is 19.3 Å². The molecule has 0 saturated heterocycles. The van der Waals surface area contributed by atoms with Gasteiger partial charge in [0.05, 0.1) is 12.2 Å². The lowest BCUT2D eigenvalue weighted by molar-refractivity contribution is -0.00741. The number of rotatable bonds is 0. The molecule has 54 valence electrons. The third-order valence-electron chi connectivity index (χ3n) is 1.72. The van der Waals surface area contributed by atoms with Crippen LogP contribution in [0.5, 0.6) is 0 Å². The van der Waals surface area contributed by atoms with Gasteiger partial charge in [0, 0.05) is 5.38 Å². The number of hydrogen-bond donors (Lipinski definition) is 2. The molecule has 0 aromatic rings. The Kier molecular flexibility index (Phi) is 2.33. The van der Waals surface area contributed by atoms with Gasteiger partial charge in [0.25, 0.3) is 0 Å². The highest BCUT2D eigenvalue weighted by atomic mass is 35.5. The maximum absolute atomic E-state index is 9.01. The number of hydrogen-bond acceptors (Lipinski definition) is 2. The molecule has 0 bridgehead atoms. The molecule has 2 nitrogen and oxygen atoms in total. The monoisotopic (exact) mass is 150 g/mol. The smallest absolute Gasteiger partial charge is 0.0813 e. The van der Waals surface area contributed by atoms with Crippen molar-refractivity contribution in [3.8, 4) is 0 Å². The Balaban J connectivity index is 2.35. The summed E-state index contributed by atoms with van der Waals surface area (Å²) in [5.41, 5.74) is 0. The first-order valence-corrected chi connectivity index (χ1v) is 3.64. The molecule has 0 aromatic heterocycles. The van der Waals surface area contributed by atoms with Gasteiger partial charge in [0.1, 0.15) is 0 Å². The summed E-state index contributed by atoms with van der Waals surface area (Å²) in [4.78, 5) is 0. The van der Waals surface area contributed by atoms with E-state index in [0.29, 0.717) is 12.8 Å². The highest BCUT2D eigenvalue weighted by Crippen LogP contribution is 2.22. The van der Waals surface area contributed by atoms with Gasteiger partial charge in [-0.2, -0.15) is 0 Å². The van der Waals surface area contributed by atoms with Crippen LogP contribution in [0.3, 0.4) is 0 Å².